The molecule has 1 aliphatic heterocycles. The number of carbonyl (C=O) groups excluding carboxylic acids is 1. The van der Waals surface area contributed by atoms with Crippen LogP contribution in [0.3, 0.4) is 0 Å². The Hall–Kier alpha value is -3.21. The number of piperazine rings is 1. The number of sulfonamides is 1. The van der Waals surface area contributed by atoms with Gasteiger partial charge in [0.2, 0.25) is 21.6 Å². The molecule has 5 rings (SSSR count). The highest BCUT2D eigenvalue weighted by Gasteiger charge is 2.32. The van der Waals surface area contributed by atoms with Crippen molar-refractivity contribution >= 4 is 33.1 Å². The van der Waals surface area contributed by atoms with Crippen LogP contribution in [0.5, 0.6) is 5.75 Å². The molecule has 2 aliphatic rings. The summed E-state index contributed by atoms with van der Waals surface area (Å²) in [5.74, 6) is -0.161. The number of aromatic nitrogens is 2. The van der Waals surface area contributed by atoms with Gasteiger partial charge < -0.3 is 9.64 Å². The number of benzene rings is 2. The lowest BCUT2D eigenvalue weighted by Crippen LogP contribution is -2.49. The number of hydrogen-bond acceptors (Lipinski definition) is 7. The standard InChI is InChI=1S/C25H25ClN4O5S/c1-36(33,34)29-13-11-28(12-14-29)21-16-27-30(19-7-4-6-18(26)15-19)25(32)24(21)35-22-10-9-17-5-2-3-8-20(17)23(22)31/h2-8,15-16,22H,9-14H2,1H3. The third-order valence-electron chi connectivity index (χ3n) is 6.53. The molecule has 3 aromatic rings. The monoisotopic (exact) mass is 528 g/mol. The second kappa shape index (κ2) is 9.68. The summed E-state index contributed by atoms with van der Waals surface area (Å²) in [5, 5.41) is 4.80. The van der Waals surface area contributed by atoms with Crippen LogP contribution < -0.4 is 15.2 Å². The van der Waals surface area contributed by atoms with Gasteiger partial charge in [-0.1, -0.05) is 41.9 Å². The number of aryl methyl sites for hydroxylation is 1. The maximum Gasteiger partial charge on any atom is 0.316 e. The molecule has 0 saturated carbocycles. The van der Waals surface area contributed by atoms with E-state index in [2.05, 4.69) is 5.10 Å². The predicted molar refractivity (Wildman–Crippen MR) is 137 cm³/mol. The lowest BCUT2D eigenvalue weighted by molar-refractivity contribution is 0.0759. The van der Waals surface area contributed by atoms with Crippen molar-refractivity contribution in [3.05, 3.63) is 81.2 Å². The fraction of sp³-hybridized carbons (Fsp3) is 0.320. The summed E-state index contributed by atoms with van der Waals surface area (Å²) in [7, 11) is -3.32. The van der Waals surface area contributed by atoms with Gasteiger partial charge in [0.15, 0.2) is 6.10 Å². The Balaban J connectivity index is 1.53. The Morgan fingerprint density at radius 3 is 2.50 bits per heavy atom. The van der Waals surface area contributed by atoms with Gasteiger partial charge in [0.25, 0.3) is 0 Å². The summed E-state index contributed by atoms with van der Waals surface area (Å²) < 4.78 is 32.7. The number of anilines is 1. The van der Waals surface area contributed by atoms with E-state index in [0.29, 0.717) is 47.9 Å². The molecule has 1 aromatic heterocycles. The smallest absolute Gasteiger partial charge is 0.316 e. The van der Waals surface area contributed by atoms with Crippen LogP contribution in [0.25, 0.3) is 5.69 Å². The van der Waals surface area contributed by atoms with Crippen LogP contribution in [0.1, 0.15) is 22.3 Å². The fourth-order valence-electron chi connectivity index (χ4n) is 4.64. The number of fused-ring (bicyclic) bond motifs is 1. The van der Waals surface area contributed by atoms with E-state index in [1.165, 1.54) is 21.4 Å². The van der Waals surface area contributed by atoms with Crippen molar-refractivity contribution < 1.29 is 17.9 Å². The Labute approximate surface area is 213 Å². The zero-order valence-electron chi connectivity index (χ0n) is 19.6. The van der Waals surface area contributed by atoms with Gasteiger partial charge in [-0.25, -0.2) is 8.42 Å². The van der Waals surface area contributed by atoms with Crippen LogP contribution in [-0.4, -0.2) is 66.8 Å². The van der Waals surface area contributed by atoms with Crippen LogP contribution in [0, 0.1) is 0 Å². The lowest BCUT2D eigenvalue weighted by Gasteiger charge is -2.35. The van der Waals surface area contributed by atoms with Crippen molar-refractivity contribution in [2.75, 3.05) is 37.3 Å². The van der Waals surface area contributed by atoms with Crippen molar-refractivity contribution in [3.63, 3.8) is 0 Å². The van der Waals surface area contributed by atoms with Crippen LogP contribution in [0.4, 0.5) is 5.69 Å². The number of hydrogen-bond donors (Lipinski definition) is 0. The number of ketones is 1. The Kier molecular flexibility index (Phi) is 6.59. The molecule has 0 radical (unpaired) electrons. The van der Waals surface area contributed by atoms with Gasteiger partial charge in [-0.2, -0.15) is 14.1 Å². The molecule has 11 heteroatoms. The minimum atomic E-state index is -3.32. The summed E-state index contributed by atoms with van der Waals surface area (Å²) in [6.45, 7) is 1.25. The van der Waals surface area contributed by atoms with Gasteiger partial charge in [0.05, 0.1) is 18.1 Å². The maximum absolute atomic E-state index is 13.7. The molecule has 1 aliphatic carbocycles. The van der Waals surface area contributed by atoms with Gasteiger partial charge in [-0.3, -0.25) is 9.59 Å². The minimum Gasteiger partial charge on any atom is -0.474 e. The van der Waals surface area contributed by atoms with Gasteiger partial charge in [-0.05, 0) is 36.6 Å². The number of carbonyl (C=O) groups is 1. The van der Waals surface area contributed by atoms with E-state index >= 15 is 0 Å². The summed E-state index contributed by atoms with van der Waals surface area (Å²) in [5.41, 5.74) is 1.93. The first-order chi connectivity index (χ1) is 17.2. The molecular formula is C25H25ClN4O5S. The zero-order valence-corrected chi connectivity index (χ0v) is 21.2. The highest BCUT2D eigenvalue weighted by atomic mass is 35.5. The summed E-state index contributed by atoms with van der Waals surface area (Å²) in [4.78, 5) is 28.8. The Bertz CT molecular complexity index is 1480. The molecule has 0 N–H and O–H groups in total. The molecule has 2 heterocycles. The van der Waals surface area contributed by atoms with Gasteiger partial charge in [-0.15, -0.1) is 0 Å². The Morgan fingerprint density at radius 2 is 1.78 bits per heavy atom. The molecule has 2 aromatic carbocycles. The number of Topliss-reactive ketones (excluding diaryl/α,β-unsaturated/α-hetero) is 1. The molecule has 1 saturated heterocycles. The molecule has 9 nitrogen and oxygen atoms in total. The molecule has 1 fully saturated rings. The molecule has 1 atom stereocenters. The van der Waals surface area contributed by atoms with Gasteiger partial charge >= 0.3 is 5.56 Å². The molecule has 0 bridgehead atoms. The van der Waals surface area contributed by atoms with Crippen molar-refractivity contribution in [2.45, 2.75) is 18.9 Å². The molecule has 36 heavy (non-hydrogen) atoms. The van der Waals surface area contributed by atoms with E-state index in [9.17, 15) is 18.0 Å². The predicted octanol–water partition coefficient (Wildman–Crippen LogP) is 2.54. The third kappa shape index (κ3) is 4.76. The maximum atomic E-state index is 13.7. The fourth-order valence-corrected chi connectivity index (χ4v) is 5.65. The SMILES string of the molecule is CS(=O)(=O)N1CCN(c2cnn(-c3cccc(Cl)c3)c(=O)c2OC2CCc3ccccc3C2=O)CC1. The Morgan fingerprint density at radius 1 is 1.03 bits per heavy atom. The topological polar surface area (TPSA) is 102 Å². The van der Waals surface area contributed by atoms with Crippen LogP contribution in [0.2, 0.25) is 5.02 Å². The highest BCUT2D eigenvalue weighted by molar-refractivity contribution is 7.88. The average molecular weight is 529 g/mol. The molecule has 1 unspecified atom stereocenters. The number of ether oxygens (including phenoxy) is 1. The van der Waals surface area contributed by atoms with E-state index in [-0.39, 0.29) is 24.6 Å². The van der Waals surface area contributed by atoms with E-state index in [1.54, 1.807) is 30.3 Å². The van der Waals surface area contributed by atoms with E-state index in [1.807, 2.05) is 23.1 Å². The largest absolute Gasteiger partial charge is 0.474 e. The van der Waals surface area contributed by atoms with Crippen LogP contribution in [0.15, 0.2) is 59.5 Å². The molecule has 0 amide bonds. The zero-order chi connectivity index (χ0) is 25.4. The summed E-state index contributed by atoms with van der Waals surface area (Å²) in [6, 6.07) is 14.1. The first kappa shape index (κ1) is 24.5. The normalized spacial score (nSPS) is 18.7. The van der Waals surface area contributed by atoms with Crippen molar-refractivity contribution in [1.82, 2.24) is 14.1 Å². The average Bonchev–Trinajstić information content (AvgIpc) is 2.86. The second-order valence-electron chi connectivity index (χ2n) is 8.87. The van der Waals surface area contributed by atoms with Crippen molar-refractivity contribution in [3.8, 4) is 11.4 Å². The second-order valence-corrected chi connectivity index (χ2v) is 11.3. The third-order valence-corrected chi connectivity index (χ3v) is 8.07. The number of nitrogens with zero attached hydrogens (tertiary/aromatic N) is 4. The minimum absolute atomic E-state index is 0.00973. The highest BCUT2D eigenvalue weighted by Crippen LogP contribution is 2.30. The number of rotatable bonds is 5. The van der Waals surface area contributed by atoms with Crippen LogP contribution in [-0.2, 0) is 16.4 Å². The summed E-state index contributed by atoms with van der Waals surface area (Å²) >= 11 is 6.13. The van der Waals surface area contributed by atoms with Gasteiger partial charge in [0.1, 0.15) is 5.69 Å². The van der Waals surface area contributed by atoms with E-state index in [4.69, 9.17) is 16.3 Å². The van der Waals surface area contributed by atoms with E-state index < -0.39 is 21.7 Å². The lowest BCUT2D eigenvalue weighted by atomic mass is 9.89. The van der Waals surface area contributed by atoms with Crippen molar-refractivity contribution in [1.29, 1.82) is 0 Å². The molecular weight excluding hydrogens is 504 g/mol. The van der Waals surface area contributed by atoms with Crippen molar-refractivity contribution in [2.24, 2.45) is 0 Å². The van der Waals surface area contributed by atoms with E-state index in [0.717, 1.165) is 5.56 Å². The molecule has 188 valence electrons. The first-order valence-electron chi connectivity index (χ1n) is 11.6. The summed E-state index contributed by atoms with van der Waals surface area (Å²) in [6.07, 6.45) is 2.98. The quantitative estimate of drug-likeness (QED) is 0.501. The number of halogens is 1. The van der Waals surface area contributed by atoms with Gasteiger partial charge in [0, 0.05) is 36.8 Å². The first-order valence-corrected chi connectivity index (χ1v) is 13.8. The molecule has 0 spiro atoms. The van der Waals surface area contributed by atoms with Crippen LogP contribution >= 0.6 is 11.6 Å².